The Bertz CT molecular complexity index is 996. The molecule has 1 fully saturated rings. The van der Waals surface area contributed by atoms with Crippen LogP contribution in [0.1, 0.15) is 28.7 Å². The summed E-state index contributed by atoms with van der Waals surface area (Å²) in [5.74, 6) is -0.353. The second-order valence-corrected chi connectivity index (χ2v) is 8.43. The number of nitrogens with one attached hydrogen (secondary N) is 1. The normalized spacial score (nSPS) is 21.2. The first-order valence-electron chi connectivity index (χ1n) is 10.6. The van der Waals surface area contributed by atoms with Crippen LogP contribution in [0, 0.1) is 12.7 Å². The summed E-state index contributed by atoms with van der Waals surface area (Å²) in [6.07, 6.45) is 0.554. The molecular formula is C26H27ClFNO2. The molecule has 1 saturated heterocycles. The van der Waals surface area contributed by atoms with Gasteiger partial charge in [0.1, 0.15) is 17.5 Å². The lowest BCUT2D eigenvalue weighted by atomic mass is 9.82. The molecule has 3 aromatic carbocycles. The van der Waals surface area contributed by atoms with Crippen LogP contribution >= 0.6 is 11.6 Å². The number of ether oxygens (including phenoxy) is 2. The second-order valence-electron chi connectivity index (χ2n) is 8.02. The summed E-state index contributed by atoms with van der Waals surface area (Å²) in [5.41, 5.74) is 3.58. The molecule has 0 amide bonds. The zero-order valence-electron chi connectivity index (χ0n) is 17.6. The maximum atomic E-state index is 13.4. The molecule has 0 radical (unpaired) electrons. The Morgan fingerprint density at radius 2 is 1.81 bits per heavy atom. The standard InChI is InChI=1S/C26H27ClFNO2/c1-19-7-10-22(11-8-19)26(31-17-20-5-3-2-4-6-20)13-14-29-16-25(26)30-18-21-9-12-23(28)15-24(21)27/h2-12,15,25,29H,13-14,16-18H2,1H3. The molecular weight excluding hydrogens is 413 g/mol. The van der Waals surface area contributed by atoms with Crippen molar-refractivity contribution in [2.24, 2.45) is 0 Å². The molecule has 1 N–H and O–H groups in total. The highest BCUT2D eigenvalue weighted by Crippen LogP contribution is 2.38. The summed E-state index contributed by atoms with van der Waals surface area (Å²) in [6.45, 7) is 4.34. The molecule has 0 spiro atoms. The predicted molar refractivity (Wildman–Crippen MR) is 122 cm³/mol. The van der Waals surface area contributed by atoms with E-state index < -0.39 is 5.60 Å². The molecule has 5 heteroatoms. The summed E-state index contributed by atoms with van der Waals surface area (Å²) in [5, 5.41) is 3.80. The predicted octanol–water partition coefficient (Wildman–Crippen LogP) is 5.78. The van der Waals surface area contributed by atoms with Crippen LogP contribution in [0.4, 0.5) is 4.39 Å². The Morgan fingerprint density at radius 1 is 1.03 bits per heavy atom. The van der Waals surface area contributed by atoms with Gasteiger partial charge in [0, 0.05) is 11.6 Å². The Morgan fingerprint density at radius 3 is 2.55 bits per heavy atom. The van der Waals surface area contributed by atoms with Gasteiger partial charge >= 0.3 is 0 Å². The lowest BCUT2D eigenvalue weighted by Crippen LogP contribution is -2.54. The van der Waals surface area contributed by atoms with Gasteiger partial charge in [0.25, 0.3) is 0 Å². The van der Waals surface area contributed by atoms with Crippen molar-refractivity contribution in [1.29, 1.82) is 0 Å². The fraction of sp³-hybridized carbons (Fsp3) is 0.308. The summed E-state index contributed by atoms with van der Waals surface area (Å²) < 4.78 is 26.5. The third kappa shape index (κ3) is 5.16. The van der Waals surface area contributed by atoms with Gasteiger partial charge in [-0.05, 0) is 48.7 Å². The highest BCUT2D eigenvalue weighted by molar-refractivity contribution is 6.31. The minimum absolute atomic E-state index is 0.228. The zero-order chi connectivity index (χ0) is 21.7. The van der Waals surface area contributed by atoms with E-state index in [2.05, 4.69) is 48.6 Å². The maximum absolute atomic E-state index is 13.4. The van der Waals surface area contributed by atoms with Crippen molar-refractivity contribution in [3.05, 3.63) is 106 Å². The third-order valence-electron chi connectivity index (χ3n) is 5.86. The quantitative estimate of drug-likeness (QED) is 0.506. The smallest absolute Gasteiger partial charge is 0.124 e. The van der Waals surface area contributed by atoms with Crippen LogP contribution in [0.25, 0.3) is 0 Å². The topological polar surface area (TPSA) is 30.5 Å². The molecule has 0 saturated carbocycles. The van der Waals surface area contributed by atoms with E-state index in [1.165, 1.54) is 17.7 Å². The Labute approximate surface area is 188 Å². The van der Waals surface area contributed by atoms with Gasteiger partial charge in [0.15, 0.2) is 0 Å². The summed E-state index contributed by atoms with van der Waals surface area (Å²) in [4.78, 5) is 0. The van der Waals surface area contributed by atoms with Gasteiger partial charge in [-0.15, -0.1) is 0 Å². The lowest BCUT2D eigenvalue weighted by molar-refractivity contribution is -0.176. The molecule has 31 heavy (non-hydrogen) atoms. The van der Waals surface area contributed by atoms with Crippen LogP contribution in [0.3, 0.4) is 0 Å². The van der Waals surface area contributed by atoms with Crippen molar-refractivity contribution in [3.63, 3.8) is 0 Å². The zero-order valence-corrected chi connectivity index (χ0v) is 18.4. The minimum Gasteiger partial charge on any atom is -0.369 e. The number of halogens is 2. The van der Waals surface area contributed by atoms with Crippen molar-refractivity contribution in [1.82, 2.24) is 5.32 Å². The van der Waals surface area contributed by atoms with E-state index in [1.54, 1.807) is 6.07 Å². The monoisotopic (exact) mass is 439 g/mol. The molecule has 3 aromatic rings. The highest BCUT2D eigenvalue weighted by atomic mass is 35.5. The first-order chi connectivity index (χ1) is 15.1. The van der Waals surface area contributed by atoms with Crippen molar-refractivity contribution in [2.45, 2.75) is 38.3 Å². The molecule has 1 heterocycles. The van der Waals surface area contributed by atoms with Crippen LogP contribution in [-0.4, -0.2) is 19.2 Å². The Balaban J connectivity index is 1.61. The molecule has 162 valence electrons. The minimum atomic E-state index is -0.596. The van der Waals surface area contributed by atoms with Gasteiger partial charge in [-0.1, -0.05) is 77.8 Å². The molecule has 0 bridgehead atoms. The van der Waals surface area contributed by atoms with Crippen molar-refractivity contribution >= 4 is 11.6 Å². The highest BCUT2D eigenvalue weighted by Gasteiger charge is 2.44. The van der Waals surface area contributed by atoms with E-state index in [0.29, 0.717) is 18.2 Å². The van der Waals surface area contributed by atoms with E-state index in [9.17, 15) is 4.39 Å². The first kappa shape index (κ1) is 22.0. The fourth-order valence-electron chi connectivity index (χ4n) is 4.06. The van der Waals surface area contributed by atoms with Gasteiger partial charge in [-0.25, -0.2) is 4.39 Å². The molecule has 1 aliphatic heterocycles. The molecule has 2 unspecified atom stereocenters. The van der Waals surface area contributed by atoms with Gasteiger partial charge in [0.2, 0.25) is 0 Å². The summed E-state index contributed by atoms with van der Waals surface area (Å²) >= 11 is 6.23. The maximum Gasteiger partial charge on any atom is 0.124 e. The molecule has 4 rings (SSSR count). The average Bonchev–Trinajstić information content (AvgIpc) is 2.79. The van der Waals surface area contributed by atoms with Gasteiger partial charge < -0.3 is 14.8 Å². The molecule has 0 aromatic heterocycles. The average molecular weight is 440 g/mol. The van der Waals surface area contributed by atoms with Crippen LogP contribution in [-0.2, 0) is 28.3 Å². The fourth-order valence-corrected chi connectivity index (χ4v) is 4.28. The first-order valence-corrected chi connectivity index (χ1v) is 11.0. The van der Waals surface area contributed by atoms with Gasteiger partial charge in [-0.2, -0.15) is 0 Å². The Hall–Kier alpha value is -2.24. The molecule has 3 nitrogen and oxygen atoms in total. The van der Waals surface area contributed by atoms with Crippen molar-refractivity contribution < 1.29 is 13.9 Å². The summed E-state index contributed by atoms with van der Waals surface area (Å²) in [7, 11) is 0. The number of rotatable bonds is 7. The van der Waals surface area contributed by atoms with E-state index in [0.717, 1.165) is 29.7 Å². The molecule has 2 atom stereocenters. The van der Waals surface area contributed by atoms with E-state index in [4.69, 9.17) is 21.1 Å². The van der Waals surface area contributed by atoms with Crippen LogP contribution in [0.2, 0.25) is 5.02 Å². The second kappa shape index (κ2) is 9.92. The largest absolute Gasteiger partial charge is 0.369 e. The Kier molecular flexibility index (Phi) is 7.03. The van der Waals surface area contributed by atoms with E-state index in [-0.39, 0.29) is 18.5 Å². The van der Waals surface area contributed by atoms with Crippen LogP contribution in [0.5, 0.6) is 0 Å². The van der Waals surface area contributed by atoms with E-state index >= 15 is 0 Å². The number of aryl methyl sites for hydroxylation is 1. The summed E-state index contributed by atoms with van der Waals surface area (Å²) in [6, 6.07) is 23.1. The number of hydrogen-bond donors (Lipinski definition) is 1. The number of piperidine rings is 1. The van der Waals surface area contributed by atoms with E-state index in [1.807, 2.05) is 18.2 Å². The number of hydrogen-bond acceptors (Lipinski definition) is 3. The van der Waals surface area contributed by atoms with Gasteiger partial charge in [0.05, 0.1) is 13.2 Å². The third-order valence-corrected chi connectivity index (χ3v) is 6.21. The SMILES string of the molecule is Cc1ccc(C2(OCc3ccccc3)CCNCC2OCc2ccc(F)cc2Cl)cc1. The van der Waals surface area contributed by atoms with Crippen LogP contribution < -0.4 is 5.32 Å². The van der Waals surface area contributed by atoms with Crippen molar-refractivity contribution in [3.8, 4) is 0 Å². The van der Waals surface area contributed by atoms with Crippen LogP contribution in [0.15, 0.2) is 72.8 Å². The van der Waals surface area contributed by atoms with Crippen molar-refractivity contribution in [2.75, 3.05) is 13.1 Å². The van der Waals surface area contributed by atoms with Gasteiger partial charge in [-0.3, -0.25) is 0 Å². The number of benzene rings is 3. The lowest BCUT2D eigenvalue weighted by Gasteiger charge is -2.44. The molecule has 1 aliphatic rings. The molecule has 0 aliphatic carbocycles.